The number of piperidine rings is 1. The van der Waals surface area contributed by atoms with Crippen molar-refractivity contribution in [3.63, 3.8) is 0 Å². The van der Waals surface area contributed by atoms with Crippen molar-refractivity contribution in [2.75, 3.05) is 13.1 Å². The Hall–Kier alpha value is -2.03. The van der Waals surface area contributed by atoms with Crippen molar-refractivity contribution in [1.82, 2.24) is 4.90 Å². The lowest BCUT2D eigenvalue weighted by Gasteiger charge is -2.32. The van der Waals surface area contributed by atoms with Crippen LogP contribution in [0.5, 0.6) is 0 Å². The third kappa shape index (κ3) is 3.41. The Kier molecular flexibility index (Phi) is 4.62. The first-order valence-corrected chi connectivity index (χ1v) is 8.11. The predicted octanol–water partition coefficient (Wildman–Crippen LogP) is 4.07. The van der Waals surface area contributed by atoms with Gasteiger partial charge in [0.1, 0.15) is 0 Å². The molecule has 1 aromatic carbocycles. The Labute approximate surface area is 131 Å². The van der Waals surface area contributed by atoms with Gasteiger partial charge in [0.15, 0.2) is 5.76 Å². The van der Waals surface area contributed by atoms with Crippen LogP contribution >= 0.6 is 0 Å². The van der Waals surface area contributed by atoms with Crippen molar-refractivity contribution in [3.05, 3.63) is 59.5 Å². The molecule has 3 nitrogen and oxygen atoms in total. The number of rotatable bonds is 4. The number of likely N-dealkylation sites (tertiary alicyclic amines) is 1. The zero-order chi connectivity index (χ0) is 15.4. The molecule has 1 saturated heterocycles. The number of hydrogen-bond donors (Lipinski definition) is 0. The van der Waals surface area contributed by atoms with Crippen LogP contribution in [0.25, 0.3) is 0 Å². The van der Waals surface area contributed by atoms with Crippen molar-refractivity contribution in [2.45, 2.75) is 32.6 Å². The molecule has 0 spiro atoms. The summed E-state index contributed by atoms with van der Waals surface area (Å²) in [6.07, 6.45) is 6.11. The van der Waals surface area contributed by atoms with Gasteiger partial charge in [0.25, 0.3) is 5.91 Å². The normalized spacial score (nSPS) is 18.4. The van der Waals surface area contributed by atoms with Gasteiger partial charge in [-0.15, -0.1) is 0 Å². The van der Waals surface area contributed by atoms with Crippen LogP contribution < -0.4 is 0 Å². The first-order valence-electron chi connectivity index (χ1n) is 8.11. The molecule has 1 fully saturated rings. The van der Waals surface area contributed by atoms with E-state index in [1.807, 2.05) is 4.90 Å². The second kappa shape index (κ2) is 6.82. The van der Waals surface area contributed by atoms with E-state index in [2.05, 4.69) is 31.2 Å². The van der Waals surface area contributed by atoms with Crippen molar-refractivity contribution in [2.24, 2.45) is 5.92 Å². The first kappa shape index (κ1) is 14.9. The van der Waals surface area contributed by atoms with E-state index in [0.717, 1.165) is 32.4 Å². The topological polar surface area (TPSA) is 33.5 Å². The monoisotopic (exact) mass is 297 g/mol. The largest absolute Gasteiger partial charge is 0.459 e. The van der Waals surface area contributed by atoms with Gasteiger partial charge in [-0.2, -0.15) is 0 Å². The Morgan fingerprint density at radius 3 is 2.91 bits per heavy atom. The molecule has 0 aliphatic carbocycles. The Balaban J connectivity index is 1.57. The third-order valence-electron chi connectivity index (χ3n) is 4.62. The van der Waals surface area contributed by atoms with Gasteiger partial charge < -0.3 is 9.32 Å². The van der Waals surface area contributed by atoms with Crippen LogP contribution in [0.4, 0.5) is 0 Å². The van der Waals surface area contributed by atoms with Gasteiger partial charge in [0, 0.05) is 13.1 Å². The molecule has 1 unspecified atom stereocenters. The molecule has 1 amide bonds. The Morgan fingerprint density at radius 1 is 1.27 bits per heavy atom. The number of hydrogen-bond acceptors (Lipinski definition) is 2. The van der Waals surface area contributed by atoms with Crippen molar-refractivity contribution in [3.8, 4) is 0 Å². The summed E-state index contributed by atoms with van der Waals surface area (Å²) in [7, 11) is 0. The molecule has 1 atom stereocenters. The molecule has 0 radical (unpaired) electrons. The van der Waals surface area contributed by atoms with Crippen LogP contribution in [0, 0.1) is 12.8 Å². The Bertz CT molecular complexity index is 618. The van der Waals surface area contributed by atoms with Gasteiger partial charge >= 0.3 is 0 Å². The van der Waals surface area contributed by atoms with E-state index in [1.165, 1.54) is 17.5 Å². The van der Waals surface area contributed by atoms with Crippen molar-refractivity contribution < 1.29 is 9.21 Å². The smallest absolute Gasteiger partial charge is 0.289 e. The van der Waals surface area contributed by atoms with E-state index >= 15 is 0 Å². The minimum Gasteiger partial charge on any atom is -0.459 e. The fourth-order valence-corrected chi connectivity index (χ4v) is 3.29. The predicted molar refractivity (Wildman–Crippen MR) is 86.8 cm³/mol. The Morgan fingerprint density at radius 2 is 2.14 bits per heavy atom. The minimum atomic E-state index is 0.0330. The number of furan rings is 1. The van der Waals surface area contributed by atoms with Gasteiger partial charge in [-0.25, -0.2) is 0 Å². The summed E-state index contributed by atoms with van der Waals surface area (Å²) in [6, 6.07) is 12.1. The van der Waals surface area contributed by atoms with Crippen molar-refractivity contribution in [1.29, 1.82) is 0 Å². The molecule has 0 N–H and O–H groups in total. The van der Waals surface area contributed by atoms with Crippen LogP contribution in [0.1, 0.15) is 40.9 Å². The summed E-state index contributed by atoms with van der Waals surface area (Å²) in [6.45, 7) is 3.87. The lowest BCUT2D eigenvalue weighted by atomic mass is 9.90. The third-order valence-corrected chi connectivity index (χ3v) is 4.62. The zero-order valence-electron chi connectivity index (χ0n) is 13.1. The van der Waals surface area contributed by atoms with E-state index in [9.17, 15) is 4.79 Å². The van der Waals surface area contributed by atoms with E-state index < -0.39 is 0 Å². The summed E-state index contributed by atoms with van der Waals surface area (Å²) in [5.41, 5.74) is 2.79. The minimum absolute atomic E-state index is 0.0330. The summed E-state index contributed by atoms with van der Waals surface area (Å²) in [5, 5.41) is 0. The molecule has 1 aliphatic heterocycles. The average Bonchev–Trinajstić information content (AvgIpc) is 3.08. The highest BCUT2D eigenvalue weighted by molar-refractivity contribution is 5.91. The summed E-state index contributed by atoms with van der Waals surface area (Å²) in [5.74, 6) is 1.08. The maximum Gasteiger partial charge on any atom is 0.289 e. The van der Waals surface area contributed by atoms with E-state index in [1.54, 1.807) is 18.4 Å². The zero-order valence-corrected chi connectivity index (χ0v) is 13.1. The highest BCUT2D eigenvalue weighted by Crippen LogP contribution is 2.23. The van der Waals surface area contributed by atoms with Crippen LogP contribution in [0.3, 0.4) is 0 Å². The highest BCUT2D eigenvalue weighted by Gasteiger charge is 2.25. The molecule has 3 heteroatoms. The molecule has 116 valence electrons. The molecule has 2 aromatic rings. The molecule has 1 aromatic heterocycles. The standard InChI is InChI=1S/C19H23NO2/c1-15-6-2-3-8-17(15)11-10-16-7-4-12-20(14-16)19(21)18-9-5-13-22-18/h2-3,5-6,8-9,13,16H,4,7,10-12,14H2,1H3. The van der Waals surface area contributed by atoms with Crippen LogP contribution in [0.2, 0.25) is 0 Å². The number of nitrogens with zero attached hydrogens (tertiary/aromatic N) is 1. The quantitative estimate of drug-likeness (QED) is 0.852. The maximum absolute atomic E-state index is 12.4. The maximum atomic E-state index is 12.4. The average molecular weight is 297 g/mol. The van der Waals surface area contributed by atoms with Crippen LogP contribution in [0.15, 0.2) is 47.1 Å². The second-order valence-corrected chi connectivity index (χ2v) is 6.20. The van der Waals surface area contributed by atoms with Crippen LogP contribution in [-0.2, 0) is 6.42 Å². The van der Waals surface area contributed by atoms with Crippen molar-refractivity contribution >= 4 is 5.91 Å². The molecular weight excluding hydrogens is 274 g/mol. The molecule has 3 rings (SSSR count). The van der Waals surface area contributed by atoms with Crippen LogP contribution in [-0.4, -0.2) is 23.9 Å². The molecule has 0 bridgehead atoms. The summed E-state index contributed by atoms with van der Waals surface area (Å²) in [4.78, 5) is 14.3. The highest BCUT2D eigenvalue weighted by atomic mass is 16.3. The van der Waals surface area contributed by atoms with Gasteiger partial charge in [0.05, 0.1) is 6.26 Å². The fraction of sp³-hybridized carbons (Fsp3) is 0.421. The van der Waals surface area contributed by atoms with Gasteiger partial charge in [-0.05, 0) is 61.8 Å². The van der Waals surface area contributed by atoms with E-state index in [-0.39, 0.29) is 5.91 Å². The van der Waals surface area contributed by atoms with Gasteiger partial charge in [-0.3, -0.25) is 4.79 Å². The fourth-order valence-electron chi connectivity index (χ4n) is 3.29. The molecule has 1 aliphatic rings. The summed E-state index contributed by atoms with van der Waals surface area (Å²) >= 11 is 0. The summed E-state index contributed by atoms with van der Waals surface area (Å²) < 4.78 is 5.24. The SMILES string of the molecule is Cc1ccccc1CCC1CCCN(C(=O)c2ccco2)C1. The molecular formula is C19H23NO2. The lowest BCUT2D eigenvalue weighted by Crippen LogP contribution is -2.39. The number of amides is 1. The number of carbonyl (C=O) groups excluding carboxylic acids is 1. The van der Waals surface area contributed by atoms with Gasteiger partial charge in [0.2, 0.25) is 0 Å². The van der Waals surface area contributed by atoms with E-state index in [0.29, 0.717) is 11.7 Å². The molecule has 2 heterocycles. The molecule has 0 saturated carbocycles. The number of benzene rings is 1. The molecule has 22 heavy (non-hydrogen) atoms. The van der Waals surface area contributed by atoms with E-state index in [4.69, 9.17) is 4.42 Å². The number of carbonyl (C=O) groups is 1. The number of aryl methyl sites for hydroxylation is 2. The lowest BCUT2D eigenvalue weighted by molar-refractivity contribution is 0.0636. The van der Waals surface area contributed by atoms with Gasteiger partial charge in [-0.1, -0.05) is 24.3 Å². The second-order valence-electron chi connectivity index (χ2n) is 6.20. The first-order chi connectivity index (χ1) is 10.7.